The molecule has 1 rings (SSSR count). The highest BCUT2D eigenvalue weighted by Gasteiger charge is 2.18. The molecule has 0 N–H and O–H groups in total. The summed E-state index contributed by atoms with van der Waals surface area (Å²) < 4.78 is 0. The van der Waals surface area contributed by atoms with E-state index in [-0.39, 0.29) is 5.41 Å². The number of alkyl halides is 1. The van der Waals surface area contributed by atoms with Crippen molar-refractivity contribution in [1.29, 1.82) is 0 Å². The van der Waals surface area contributed by atoms with Crippen molar-refractivity contribution >= 4 is 27.3 Å². The van der Waals surface area contributed by atoms with Crippen molar-refractivity contribution < 1.29 is 0 Å². The van der Waals surface area contributed by atoms with Gasteiger partial charge >= 0.3 is 0 Å². The first-order valence-electron chi connectivity index (χ1n) is 6.69. The lowest BCUT2D eigenvalue weighted by atomic mass is 9.95. The Balaban J connectivity index is 2.47. The first-order chi connectivity index (χ1) is 7.95. The lowest BCUT2D eigenvalue weighted by molar-refractivity contribution is 0.604. The van der Waals surface area contributed by atoms with Crippen LogP contribution in [0.1, 0.15) is 74.4 Å². The normalized spacial score (nSPS) is 13.9. The standard InChI is InChI=1S/C15H25BrS/c1-5-6-7-8-9-12(16)13-10-11-14(17-13)15(2,3)4/h10-12H,5-9H2,1-4H3. The first-order valence-corrected chi connectivity index (χ1v) is 8.42. The maximum atomic E-state index is 3.83. The molecule has 1 aromatic heterocycles. The first kappa shape index (κ1) is 15.2. The van der Waals surface area contributed by atoms with Gasteiger partial charge in [-0.15, -0.1) is 11.3 Å². The van der Waals surface area contributed by atoms with E-state index in [0.29, 0.717) is 4.83 Å². The highest BCUT2D eigenvalue weighted by molar-refractivity contribution is 9.09. The van der Waals surface area contributed by atoms with Crippen molar-refractivity contribution in [2.75, 3.05) is 0 Å². The lowest BCUT2D eigenvalue weighted by Gasteiger charge is -2.15. The van der Waals surface area contributed by atoms with E-state index in [9.17, 15) is 0 Å². The number of rotatable bonds is 6. The summed E-state index contributed by atoms with van der Waals surface area (Å²) in [5.41, 5.74) is 0.290. The van der Waals surface area contributed by atoms with Gasteiger partial charge in [0.25, 0.3) is 0 Å². The van der Waals surface area contributed by atoms with Crippen LogP contribution in [0.25, 0.3) is 0 Å². The Morgan fingerprint density at radius 2 is 1.88 bits per heavy atom. The Morgan fingerprint density at radius 3 is 2.41 bits per heavy atom. The third kappa shape index (κ3) is 5.13. The number of halogens is 1. The van der Waals surface area contributed by atoms with Crippen LogP contribution in [0.15, 0.2) is 12.1 Å². The number of hydrogen-bond acceptors (Lipinski definition) is 1. The van der Waals surface area contributed by atoms with E-state index in [1.54, 1.807) is 0 Å². The minimum atomic E-state index is 0.290. The zero-order chi connectivity index (χ0) is 12.9. The third-order valence-electron chi connectivity index (χ3n) is 2.99. The molecule has 0 nitrogen and oxygen atoms in total. The molecule has 17 heavy (non-hydrogen) atoms. The van der Waals surface area contributed by atoms with Gasteiger partial charge in [-0.25, -0.2) is 0 Å². The molecule has 0 saturated carbocycles. The highest BCUT2D eigenvalue weighted by Crippen LogP contribution is 2.37. The van der Waals surface area contributed by atoms with E-state index in [1.165, 1.54) is 41.9 Å². The summed E-state index contributed by atoms with van der Waals surface area (Å²) in [5.74, 6) is 0. The Kier molecular flexibility index (Phi) is 6.22. The summed E-state index contributed by atoms with van der Waals surface area (Å²) in [6, 6.07) is 4.59. The predicted molar refractivity (Wildman–Crippen MR) is 83.4 cm³/mol. The van der Waals surface area contributed by atoms with Crippen LogP contribution in [-0.4, -0.2) is 0 Å². The van der Waals surface area contributed by atoms with Gasteiger partial charge in [-0.1, -0.05) is 69.3 Å². The summed E-state index contributed by atoms with van der Waals surface area (Å²) >= 11 is 5.79. The quantitative estimate of drug-likeness (QED) is 0.417. The molecule has 1 unspecified atom stereocenters. The lowest BCUT2D eigenvalue weighted by Crippen LogP contribution is -2.07. The van der Waals surface area contributed by atoms with Crippen molar-refractivity contribution in [2.24, 2.45) is 0 Å². The van der Waals surface area contributed by atoms with Crippen LogP contribution in [-0.2, 0) is 5.41 Å². The zero-order valence-electron chi connectivity index (χ0n) is 11.6. The Bertz CT molecular complexity index is 322. The topological polar surface area (TPSA) is 0 Å². The van der Waals surface area contributed by atoms with Gasteiger partial charge in [0.2, 0.25) is 0 Å². The fourth-order valence-corrected chi connectivity index (χ4v) is 3.65. The van der Waals surface area contributed by atoms with Crippen LogP contribution >= 0.6 is 27.3 Å². The maximum Gasteiger partial charge on any atom is 0.0489 e. The van der Waals surface area contributed by atoms with Crippen molar-refractivity contribution in [1.82, 2.24) is 0 Å². The second-order valence-electron chi connectivity index (χ2n) is 5.77. The van der Waals surface area contributed by atoms with Gasteiger partial charge in [0.15, 0.2) is 0 Å². The molecule has 0 bridgehead atoms. The molecule has 0 radical (unpaired) electrons. The molecule has 0 saturated heterocycles. The monoisotopic (exact) mass is 316 g/mol. The van der Waals surface area contributed by atoms with Gasteiger partial charge in [-0.2, -0.15) is 0 Å². The Hall–Kier alpha value is 0.180. The minimum Gasteiger partial charge on any atom is -0.144 e. The second-order valence-corrected chi connectivity index (χ2v) is 7.99. The van der Waals surface area contributed by atoms with Crippen LogP contribution in [0, 0.1) is 0 Å². The zero-order valence-corrected chi connectivity index (χ0v) is 14.0. The number of unbranched alkanes of at least 4 members (excludes halogenated alkanes) is 3. The van der Waals surface area contributed by atoms with E-state index >= 15 is 0 Å². The Labute approximate surface area is 119 Å². The number of thiophene rings is 1. The molecule has 0 amide bonds. The molecule has 98 valence electrons. The van der Waals surface area contributed by atoms with E-state index in [0.717, 1.165) is 0 Å². The summed E-state index contributed by atoms with van der Waals surface area (Å²) in [5, 5.41) is 0. The van der Waals surface area contributed by atoms with Gasteiger partial charge in [0.1, 0.15) is 0 Å². The van der Waals surface area contributed by atoms with Gasteiger partial charge in [-0.05, 0) is 24.0 Å². The number of hydrogen-bond donors (Lipinski definition) is 0. The molecule has 1 atom stereocenters. The molecule has 0 aliphatic rings. The third-order valence-corrected chi connectivity index (χ3v) is 5.86. The fraction of sp³-hybridized carbons (Fsp3) is 0.733. The van der Waals surface area contributed by atoms with E-state index in [1.807, 2.05) is 11.3 Å². The Morgan fingerprint density at radius 1 is 1.18 bits per heavy atom. The SMILES string of the molecule is CCCCCCC(Br)c1ccc(C(C)(C)C)s1. The average molecular weight is 317 g/mol. The largest absolute Gasteiger partial charge is 0.144 e. The van der Waals surface area contributed by atoms with Crippen molar-refractivity contribution in [2.45, 2.75) is 70.0 Å². The maximum absolute atomic E-state index is 3.83. The van der Waals surface area contributed by atoms with Crippen LogP contribution < -0.4 is 0 Å². The molecule has 0 spiro atoms. The van der Waals surface area contributed by atoms with E-state index in [2.05, 4.69) is 55.8 Å². The van der Waals surface area contributed by atoms with Crippen molar-refractivity contribution in [3.8, 4) is 0 Å². The predicted octanol–water partition coefficient (Wildman–Crippen LogP) is 6.45. The molecular formula is C15H25BrS. The van der Waals surface area contributed by atoms with E-state index in [4.69, 9.17) is 0 Å². The van der Waals surface area contributed by atoms with Crippen LogP contribution in [0.3, 0.4) is 0 Å². The van der Waals surface area contributed by atoms with Gasteiger partial charge < -0.3 is 0 Å². The summed E-state index contributed by atoms with van der Waals surface area (Å²) in [6.07, 6.45) is 6.67. The van der Waals surface area contributed by atoms with Gasteiger partial charge in [0, 0.05) is 14.6 Å². The second kappa shape index (κ2) is 6.94. The summed E-state index contributed by atoms with van der Waals surface area (Å²) in [6.45, 7) is 9.12. The molecule has 0 aliphatic heterocycles. The summed E-state index contributed by atoms with van der Waals surface area (Å²) in [7, 11) is 0. The summed E-state index contributed by atoms with van der Waals surface area (Å²) in [4.78, 5) is 3.54. The van der Waals surface area contributed by atoms with Gasteiger partial charge in [-0.3, -0.25) is 0 Å². The molecular weight excluding hydrogens is 292 g/mol. The fourth-order valence-electron chi connectivity index (χ4n) is 1.82. The molecule has 0 fully saturated rings. The van der Waals surface area contributed by atoms with Crippen LogP contribution in [0.2, 0.25) is 0 Å². The van der Waals surface area contributed by atoms with E-state index < -0.39 is 0 Å². The minimum absolute atomic E-state index is 0.290. The molecule has 0 aliphatic carbocycles. The van der Waals surface area contributed by atoms with Crippen molar-refractivity contribution in [3.05, 3.63) is 21.9 Å². The average Bonchev–Trinajstić information content (AvgIpc) is 2.72. The van der Waals surface area contributed by atoms with Crippen LogP contribution in [0.5, 0.6) is 0 Å². The smallest absolute Gasteiger partial charge is 0.0489 e. The van der Waals surface area contributed by atoms with Crippen LogP contribution in [0.4, 0.5) is 0 Å². The molecule has 1 heterocycles. The van der Waals surface area contributed by atoms with Gasteiger partial charge in [0.05, 0.1) is 0 Å². The van der Waals surface area contributed by atoms with Crippen molar-refractivity contribution in [3.63, 3.8) is 0 Å². The molecule has 2 heteroatoms. The molecule has 0 aromatic carbocycles. The molecule has 1 aromatic rings. The highest BCUT2D eigenvalue weighted by atomic mass is 79.9.